The number of Topliss-reactive ketones (excluding diaryl/α,β-unsaturated/α-hetero) is 1. The first-order chi connectivity index (χ1) is 22.5. The number of hydrogen-bond acceptors (Lipinski definition) is 6. The Morgan fingerprint density at radius 1 is 1.00 bits per heavy atom. The van der Waals surface area contributed by atoms with Crippen LogP contribution in [0.15, 0.2) is 66.7 Å². The second kappa shape index (κ2) is 15.8. The maximum atomic E-state index is 12.7. The van der Waals surface area contributed by atoms with Crippen LogP contribution in [0.1, 0.15) is 69.0 Å². The normalized spacial score (nSPS) is 14.9. The van der Waals surface area contributed by atoms with Crippen LogP contribution in [0.2, 0.25) is 0 Å². The van der Waals surface area contributed by atoms with Crippen LogP contribution in [0.25, 0.3) is 22.4 Å². The number of rotatable bonds is 15. The molecule has 0 bridgehead atoms. The van der Waals surface area contributed by atoms with E-state index in [1.807, 2.05) is 44.4 Å². The molecule has 5 rings (SSSR count). The van der Waals surface area contributed by atoms with Gasteiger partial charge in [0.2, 0.25) is 0 Å². The number of nitrogens with one attached hydrogen (secondary N) is 1. The minimum absolute atomic E-state index is 0.113. The van der Waals surface area contributed by atoms with Crippen LogP contribution in [0.4, 0.5) is 13.2 Å². The second-order valence-electron chi connectivity index (χ2n) is 12.9. The maximum absolute atomic E-state index is 12.7. The molecule has 1 N–H and O–H groups in total. The third-order valence-electron chi connectivity index (χ3n) is 8.67. The third kappa shape index (κ3) is 10.0. The molecule has 1 atom stereocenters. The Hall–Kier alpha value is -3.89. The van der Waals surface area contributed by atoms with Gasteiger partial charge in [0.15, 0.2) is 0 Å². The van der Waals surface area contributed by atoms with E-state index in [1.54, 1.807) is 19.1 Å². The average molecular weight is 651 g/mol. The van der Waals surface area contributed by atoms with Crippen LogP contribution in [-0.2, 0) is 11.3 Å². The molecule has 0 aliphatic heterocycles. The van der Waals surface area contributed by atoms with E-state index in [1.165, 1.54) is 44.2 Å². The third-order valence-corrected chi connectivity index (χ3v) is 8.67. The molecule has 7 nitrogen and oxygen atoms in total. The first-order valence-corrected chi connectivity index (χ1v) is 16.5. The van der Waals surface area contributed by atoms with Gasteiger partial charge in [-0.05, 0) is 112 Å². The number of hydrogen-bond donors (Lipinski definition) is 1. The second-order valence-corrected chi connectivity index (χ2v) is 12.9. The van der Waals surface area contributed by atoms with Crippen molar-refractivity contribution in [1.29, 1.82) is 0 Å². The van der Waals surface area contributed by atoms with Gasteiger partial charge in [-0.25, -0.2) is 4.98 Å². The van der Waals surface area contributed by atoms with Gasteiger partial charge in [-0.15, -0.1) is 13.2 Å². The summed E-state index contributed by atoms with van der Waals surface area (Å²) in [6.07, 6.45) is 2.82. The molecule has 1 fully saturated rings. The fraction of sp³-hybridized carbons (Fsp3) is 0.459. The van der Waals surface area contributed by atoms with Crippen molar-refractivity contribution < 1.29 is 27.4 Å². The molecular weight excluding hydrogens is 605 g/mol. The molecule has 0 saturated heterocycles. The molecule has 1 unspecified atom stereocenters. The van der Waals surface area contributed by atoms with Crippen LogP contribution in [0, 0.1) is 5.92 Å². The van der Waals surface area contributed by atoms with Gasteiger partial charge in [-0.3, -0.25) is 4.79 Å². The van der Waals surface area contributed by atoms with E-state index in [4.69, 9.17) is 9.72 Å². The van der Waals surface area contributed by atoms with Gasteiger partial charge < -0.3 is 24.3 Å². The molecule has 252 valence electrons. The minimum Gasteiger partial charge on any atom is -0.494 e. The number of ether oxygens (including phenoxy) is 2. The van der Waals surface area contributed by atoms with Crippen molar-refractivity contribution in [3.8, 4) is 22.9 Å². The van der Waals surface area contributed by atoms with E-state index in [2.05, 4.69) is 31.7 Å². The van der Waals surface area contributed by atoms with Crippen molar-refractivity contribution in [1.82, 2.24) is 19.8 Å². The van der Waals surface area contributed by atoms with Gasteiger partial charge in [0.05, 0.1) is 17.6 Å². The number of aromatic nitrogens is 2. The average Bonchev–Trinajstić information content (AvgIpc) is 3.39. The van der Waals surface area contributed by atoms with Crippen molar-refractivity contribution in [3.63, 3.8) is 0 Å². The highest BCUT2D eigenvalue weighted by atomic mass is 19.4. The first-order valence-electron chi connectivity index (χ1n) is 16.5. The molecule has 0 radical (unpaired) electrons. The molecule has 1 aliphatic carbocycles. The molecule has 1 aromatic heterocycles. The standard InChI is InChI=1S/C37H45F3N4O3/c1-26(45)22-33(41-24-27-8-5-4-6-9-27)30-14-19-35-34(23-30)42-36(29-12-17-31(18-13-29)46-21-7-20-43(2)3)44(35)25-28-10-15-32(16-11-28)47-37(38,39)40/h10-19,23,27,33,41H,4-9,20-22,24-25H2,1-3H3. The zero-order chi connectivity index (χ0) is 33.4. The van der Waals surface area contributed by atoms with Crippen molar-refractivity contribution >= 4 is 16.8 Å². The van der Waals surface area contributed by atoms with E-state index < -0.39 is 6.36 Å². The monoisotopic (exact) mass is 650 g/mol. The Morgan fingerprint density at radius 2 is 1.70 bits per heavy atom. The zero-order valence-electron chi connectivity index (χ0n) is 27.5. The fourth-order valence-corrected chi connectivity index (χ4v) is 6.29. The summed E-state index contributed by atoms with van der Waals surface area (Å²) in [7, 11) is 4.07. The topological polar surface area (TPSA) is 68.6 Å². The summed E-state index contributed by atoms with van der Waals surface area (Å²) < 4.78 is 50.3. The van der Waals surface area contributed by atoms with Gasteiger partial charge in [-0.2, -0.15) is 0 Å². The summed E-state index contributed by atoms with van der Waals surface area (Å²) in [5.41, 5.74) is 4.36. The molecule has 4 aromatic rings. The zero-order valence-corrected chi connectivity index (χ0v) is 27.5. The first kappa shape index (κ1) is 34.4. The van der Waals surface area contributed by atoms with Crippen molar-refractivity contribution in [2.45, 2.75) is 70.8 Å². The number of alkyl halides is 3. The molecule has 1 aliphatic rings. The maximum Gasteiger partial charge on any atom is 0.573 e. The Kier molecular flexibility index (Phi) is 11.6. The smallest absolute Gasteiger partial charge is 0.494 e. The summed E-state index contributed by atoms with van der Waals surface area (Å²) in [6.45, 7) is 4.45. The molecule has 47 heavy (non-hydrogen) atoms. The van der Waals surface area contributed by atoms with Crippen LogP contribution in [-0.4, -0.2) is 60.4 Å². The number of carbonyl (C=O) groups is 1. The Labute approximate surface area is 275 Å². The van der Waals surface area contributed by atoms with E-state index in [0.29, 0.717) is 25.5 Å². The molecule has 3 aromatic carbocycles. The molecule has 0 amide bonds. The van der Waals surface area contributed by atoms with E-state index in [-0.39, 0.29) is 17.6 Å². The molecular formula is C37H45F3N4O3. The van der Waals surface area contributed by atoms with Crippen LogP contribution >= 0.6 is 0 Å². The summed E-state index contributed by atoms with van der Waals surface area (Å²) in [5, 5.41) is 3.69. The highest BCUT2D eigenvalue weighted by Crippen LogP contribution is 2.31. The predicted molar refractivity (Wildman–Crippen MR) is 179 cm³/mol. The molecule has 1 saturated carbocycles. The Bertz CT molecular complexity index is 1590. The Morgan fingerprint density at radius 3 is 2.36 bits per heavy atom. The molecule has 1 heterocycles. The summed E-state index contributed by atoms with van der Waals surface area (Å²) in [4.78, 5) is 19.5. The van der Waals surface area contributed by atoms with Crippen LogP contribution < -0.4 is 14.8 Å². The number of ketones is 1. The minimum atomic E-state index is -4.75. The van der Waals surface area contributed by atoms with Crippen LogP contribution in [0.3, 0.4) is 0 Å². The quantitative estimate of drug-likeness (QED) is 0.131. The number of halogens is 3. The number of benzene rings is 3. The SMILES string of the molecule is CC(=O)CC(NCC1CCCCC1)c1ccc2c(c1)nc(-c1ccc(OCCCN(C)C)cc1)n2Cc1ccc(OC(F)(F)F)cc1. The van der Waals surface area contributed by atoms with Crippen molar-refractivity contribution in [3.05, 3.63) is 77.9 Å². The largest absolute Gasteiger partial charge is 0.573 e. The highest BCUT2D eigenvalue weighted by molar-refractivity contribution is 5.82. The summed E-state index contributed by atoms with van der Waals surface area (Å²) in [6, 6.07) is 19.8. The van der Waals surface area contributed by atoms with Crippen molar-refractivity contribution in [2.24, 2.45) is 5.92 Å². The fourth-order valence-electron chi connectivity index (χ4n) is 6.29. The predicted octanol–water partition coefficient (Wildman–Crippen LogP) is 8.17. The number of nitrogens with zero attached hydrogens (tertiary/aromatic N) is 3. The number of imidazole rings is 1. The number of fused-ring (bicyclic) bond motifs is 1. The van der Waals surface area contributed by atoms with Gasteiger partial charge in [0.25, 0.3) is 0 Å². The van der Waals surface area contributed by atoms with E-state index in [9.17, 15) is 18.0 Å². The van der Waals surface area contributed by atoms with Gasteiger partial charge in [0.1, 0.15) is 23.1 Å². The van der Waals surface area contributed by atoms with Gasteiger partial charge in [-0.1, -0.05) is 37.5 Å². The highest BCUT2D eigenvalue weighted by Gasteiger charge is 2.31. The van der Waals surface area contributed by atoms with E-state index >= 15 is 0 Å². The van der Waals surface area contributed by atoms with Gasteiger partial charge >= 0.3 is 6.36 Å². The lowest BCUT2D eigenvalue weighted by Gasteiger charge is -2.25. The van der Waals surface area contributed by atoms with Crippen molar-refractivity contribution in [2.75, 3.05) is 33.8 Å². The van der Waals surface area contributed by atoms with Crippen LogP contribution in [0.5, 0.6) is 11.5 Å². The van der Waals surface area contributed by atoms with E-state index in [0.717, 1.165) is 58.8 Å². The summed E-state index contributed by atoms with van der Waals surface area (Å²) >= 11 is 0. The lowest BCUT2D eigenvalue weighted by Crippen LogP contribution is -2.29. The molecule has 10 heteroatoms. The summed E-state index contributed by atoms with van der Waals surface area (Å²) in [5.74, 6) is 1.99. The Balaban J connectivity index is 1.44. The molecule has 0 spiro atoms. The van der Waals surface area contributed by atoms with Gasteiger partial charge in [0, 0.05) is 31.1 Å². The number of carbonyl (C=O) groups excluding carboxylic acids is 1. The lowest BCUT2D eigenvalue weighted by molar-refractivity contribution is -0.274. The lowest BCUT2D eigenvalue weighted by atomic mass is 9.89.